The summed E-state index contributed by atoms with van der Waals surface area (Å²) in [6.45, 7) is 5.97. The van der Waals surface area contributed by atoms with E-state index in [1.165, 1.54) is 19.3 Å². The molecular weight excluding hydrogens is 252 g/mol. The molecule has 0 fully saturated rings. The zero-order chi connectivity index (χ0) is 15.1. The number of aryl methyl sites for hydroxylation is 1. The minimum absolute atomic E-state index is 0.0968. The molecular formula is C16H26N2O2. The second kappa shape index (κ2) is 7.78. The van der Waals surface area contributed by atoms with E-state index in [1.54, 1.807) is 12.1 Å². The standard InChI is InChI=1S/C16H26N2O2/c1-4-5-6-7-8-12(3)20-16(19)13-9-11(2)10-14(17)15(13)18/h9-10,12H,4-8,17-18H2,1-3H3. The van der Waals surface area contributed by atoms with Gasteiger partial charge >= 0.3 is 5.97 Å². The Hall–Kier alpha value is -1.71. The molecule has 112 valence electrons. The van der Waals surface area contributed by atoms with Crippen LogP contribution in [0.1, 0.15) is 61.9 Å². The third-order valence-corrected chi connectivity index (χ3v) is 3.35. The van der Waals surface area contributed by atoms with Gasteiger partial charge in [-0.25, -0.2) is 4.79 Å². The van der Waals surface area contributed by atoms with Crippen LogP contribution < -0.4 is 11.5 Å². The SMILES string of the molecule is CCCCCCC(C)OC(=O)c1cc(C)cc(N)c1N. The Morgan fingerprint density at radius 1 is 1.25 bits per heavy atom. The lowest BCUT2D eigenvalue weighted by molar-refractivity contribution is 0.0320. The molecule has 4 heteroatoms. The number of hydrogen-bond acceptors (Lipinski definition) is 4. The van der Waals surface area contributed by atoms with Gasteiger partial charge < -0.3 is 16.2 Å². The van der Waals surface area contributed by atoms with Crippen LogP contribution in [0, 0.1) is 6.92 Å². The second-order valence-electron chi connectivity index (χ2n) is 5.38. The van der Waals surface area contributed by atoms with Crippen LogP contribution in [-0.4, -0.2) is 12.1 Å². The molecule has 1 unspecified atom stereocenters. The number of anilines is 2. The molecule has 0 radical (unpaired) electrons. The number of carbonyl (C=O) groups is 1. The number of nitrogen functional groups attached to an aromatic ring is 2. The van der Waals surface area contributed by atoms with Gasteiger partial charge in [-0.2, -0.15) is 0 Å². The Kier molecular flexibility index (Phi) is 6.36. The number of carbonyl (C=O) groups excluding carboxylic acids is 1. The van der Waals surface area contributed by atoms with Gasteiger partial charge in [-0.1, -0.05) is 26.2 Å². The van der Waals surface area contributed by atoms with Gasteiger partial charge in [0.15, 0.2) is 0 Å². The van der Waals surface area contributed by atoms with Gasteiger partial charge in [-0.3, -0.25) is 0 Å². The van der Waals surface area contributed by atoms with Crippen LogP contribution in [0.4, 0.5) is 11.4 Å². The van der Waals surface area contributed by atoms with Crippen molar-refractivity contribution in [3.05, 3.63) is 23.3 Å². The highest BCUT2D eigenvalue weighted by molar-refractivity contribution is 5.98. The van der Waals surface area contributed by atoms with Crippen molar-refractivity contribution in [3.63, 3.8) is 0 Å². The molecule has 0 aromatic heterocycles. The fourth-order valence-electron chi connectivity index (χ4n) is 2.16. The number of hydrogen-bond donors (Lipinski definition) is 2. The molecule has 0 aliphatic heterocycles. The predicted molar refractivity (Wildman–Crippen MR) is 83.6 cm³/mol. The summed E-state index contributed by atoms with van der Waals surface area (Å²) in [5, 5.41) is 0. The highest BCUT2D eigenvalue weighted by atomic mass is 16.5. The van der Waals surface area contributed by atoms with Crippen LogP contribution in [-0.2, 0) is 4.74 Å². The largest absolute Gasteiger partial charge is 0.459 e. The van der Waals surface area contributed by atoms with E-state index in [-0.39, 0.29) is 12.1 Å². The second-order valence-corrected chi connectivity index (χ2v) is 5.38. The summed E-state index contributed by atoms with van der Waals surface area (Å²) in [6.07, 6.45) is 5.47. The molecule has 1 aromatic carbocycles. The van der Waals surface area contributed by atoms with Crippen molar-refractivity contribution in [3.8, 4) is 0 Å². The van der Waals surface area contributed by atoms with Crippen molar-refractivity contribution in [2.45, 2.75) is 59.0 Å². The van der Waals surface area contributed by atoms with Crippen LogP contribution in [0.15, 0.2) is 12.1 Å². The maximum absolute atomic E-state index is 12.1. The highest BCUT2D eigenvalue weighted by Gasteiger charge is 2.16. The Morgan fingerprint density at radius 3 is 2.60 bits per heavy atom. The summed E-state index contributed by atoms with van der Waals surface area (Å²) in [5.41, 5.74) is 13.6. The van der Waals surface area contributed by atoms with Crippen molar-refractivity contribution in [2.75, 3.05) is 11.5 Å². The van der Waals surface area contributed by atoms with E-state index in [0.717, 1.165) is 18.4 Å². The lowest BCUT2D eigenvalue weighted by Crippen LogP contribution is -2.17. The molecule has 0 heterocycles. The number of nitrogens with two attached hydrogens (primary N) is 2. The molecule has 0 aliphatic carbocycles. The van der Waals surface area contributed by atoms with Crippen molar-refractivity contribution in [1.82, 2.24) is 0 Å². The van der Waals surface area contributed by atoms with Gasteiger partial charge in [0.25, 0.3) is 0 Å². The van der Waals surface area contributed by atoms with Gasteiger partial charge in [-0.05, 0) is 44.4 Å². The van der Waals surface area contributed by atoms with Gasteiger partial charge in [0, 0.05) is 0 Å². The smallest absolute Gasteiger partial charge is 0.340 e. The van der Waals surface area contributed by atoms with Crippen LogP contribution in [0.5, 0.6) is 0 Å². The Labute approximate surface area is 121 Å². The summed E-state index contributed by atoms with van der Waals surface area (Å²) in [5.74, 6) is -0.388. The van der Waals surface area contributed by atoms with Crippen LogP contribution in [0.2, 0.25) is 0 Å². The van der Waals surface area contributed by atoms with E-state index in [4.69, 9.17) is 16.2 Å². The molecule has 1 atom stereocenters. The number of unbranched alkanes of at least 4 members (excludes halogenated alkanes) is 3. The number of rotatable bonds is 7. The fourth-order valence-corrected chi connectivity index (χ4v) is 2.16. The van der Waals surface area contributed by atoms with Gasteiger partial charge in [0.05, 0.1) is 23.0 Å². The monoisotopic (exact) mass is 278 g/mol. The highest BCUT2D eigenvalue weighted by Crippen LogP contribution is 2.23. The first-order chi connectivity index (χ1) is 9.45. The topological polar surface area (TPSA) is 78.3 Å². The first kappa shape index (κ1) is 16.3. The summed E-state index contributed by atoms with van der Waals surface area (Å²) in [7, 11) is 0. The summed E-state index contributed by atoms with van der Waals surface area (Å²) in [4.78, 5) is 12.1. The predicted octanol–water partition coefficient (Wildman–Crippen LogP) is 3.68. The molecule has 0 bridgehead atoms. The number of ether oxygens (including phenoxy) is 1. The van der Waals surface area contributed by atoms with E-state index in [1.807, 2.05) is 13.8 Å². The van der Waals surface area contributed by atoms with E-state index >= 15 is 0 Å². The van der Waals surface area contributed by atoms with Crippen molar-refractivity contribution in [2.24, 2.45) is 0 Å². The molecule has 4 nitrogen and oxygen atoms in total. The average Bonchev–Trinajstić information content (AvgIpc) is 2.38. The lowest BCUT2D eigenvalue weighted by atomic mass is 10.1. The van der Waals surface area contributed by atoms with Crippen LogP contribution >= 0.6 is 0 Å². The number of benzene rings is 1. The Bertz CT molecular complexity index is 458. The lowest BCUT2D eigenvalue weighted by Gasteiger charge is -2.15. The molecule has 1 rings (SSSR count). The Morgan fingerprint density at radius 2 is 1.95 bits per heavy atom. The summed E-state index contributed by atoms with van der Waals surface area (Å²) >= 11 is 0. The molecule has 0 aliphatic rings. The van der Waals surface area contributed by atoms with Gasteiger partial charge in [-0.15, -0.1) is 0 Å². The average molecular weight is 278 g/mol. The maximum atomic E-state index is 12.1. The summed E-state index contributed by atoms with van der Waals surface area (Å²) < 4.78 is 5.43. The first-order valence-electron chi connectivity index (χ1n) is 7.32. The molecule has 0 amide bonds. The number of esters is 1. The Balaban J connectivity index is 2.58. The zero-order valence-corrected chi connectivity index (χ0v) is 12.7. The minimum atomic E-state index is -0.388. The quantitative estimate of drug-likeness (QED) is 0.453. The maximum Gasteiger partial charge on any atom is 0.340 e. The summed E-state index contributed by atoms with van der Waals surface area (Å²) in [6, 6.07) is 3.47. The van der Waals surface area contributed by atoms with E-state index in [2.05, 4.69) is 6.92 Å². The normalized spacial score (nSPS) is 12.2. The van der Waals surface area contributed by atoms with Crippen molar-refractivity contribution in [1.29, 1.82) is 0 Å². The van der Waals surface area contributed by atoms with E-state index in [9.17, 15) is 4.79 Å². The first-order valence-corrected chi connectivity index (χ1v) is 7.32. The molecule has 20 heavy (non-hydrogen) atoms. The molecule has 0 spiro atoms. The molecule has 4 N–H and O–H groups in total. The molecule has 0 saturated heterocycles. The van der Waals surface area contributed by atoms with Crippen LogP contribution in [0.25, 0.3) is 0 Å². The van der Waals surface area contributed by atoms with Gasteiger partial charge in [0.1, 0.15) is 0 Å². The van der Waals surface area contributed by atoms with Crippen molar-refractivity contribution < 1.29 is 9.53 Å². The molecule has 1 aromatic rings. The van der Waals surface area contributed by atoms with Gasteiger partial charge in [0.2, 0.25) is 0 Å². The molecule has 0 saturated carbocycles. The third kappa shape index (κ3) is 4.76. The zero-order valence-electron chi connectivity index (χ0n) is 12.7. The van der Waals surface area contributed by atoms with Crippen LogP contribution in [0.3, 0.4) is 0 Å². The van der Waals surface area contributed by atoms with Crippen molar-refractivity contribution >= 4 is 17.3 Å². The van der Waals surface area contributed by atoms with E-state index < -0.39 is 0 Å². The fraction of sp³-hybridized carbons (Fsp3) is 0.562. The van der Waals surface area contributed by atoms with E-state index in [0.29, 0.717) is 16.9 Å². The third-order valence-electron chi connectivity index (χ3n) is 3.35. The minimum Gasteiger partial charge on any atom is -0.459 e.